The third kappa shape index (κ3) is 6.70. The van der Waals surface area contributed by atoms with Crippen molar-refractivity contribution < 1.29 is 16.9 Å². The Morgan fingerprint density at radius 3 is 1.71 bits per heavy atom. The van der Waals surface area contributed by atoms with Gasteiger partial charge >= 0.3 is 36.4 Å². The molecule has 0 atom stereocenters. The van der Waals surface area contributed by atoms with Gasteiger partial charge in [0.2, 0.25) is 0 Å². The van der Waals surface area contributed by atoms with Gasteiger partial charge in [-0.15, -0.1) is 0 Å². The number of hydrogen-bond donors (Lipinski definition) is 0. The third-order valence-corrected chi connectivity index (χ3v) is 5.16. The van der Waals surface area contributed by atoms with E-state index >= 15 is 0 Å². The molecule has 0 aliphatic rings. The number of benzene rings is 4. The molecule has 5 aromatic rings. The van der Waals surface area contributed by atoms with Gasteiger partial charge in [0.15, 0.2) is 0 Å². The summed E-state index contributed by atoms with van der Waals surface area (Å²) >= 11 is -11.2. The number of rotatable bonds is 2. The van der Waals surface area contributed by atoms with Gasteiger partial charge in [-0.3, -0.25) is 0 Å². The Bertz CT molecular complexity index is 1460. The summed E-state index contributed by atoms with van der Waals surface area (Å²) in [7, 11) is 0. The Balaban J connectivity index is 0.000000344. The van der Waals surface area contributed by atoms with Crippen molar-refractivity contribution in [2.24, 2.45) is 0 Å². The van der Waals surface area contributed by atoms with Gasteiger partial charge in [0.25, 0.3) is 0 Å². The Morgan fingerprint density at radius 1 is 0.500 bits per heavy atom. The number of halogens is 6. The number of fused-ring (bicyclic) bond motifs is 2. The van der Waals surface area contributed by atoms with Crippen LogP contribution in [0.15, 0.2) is 115 Å². The van der Waals surface area contributed by atoms with Gasteiger partial charge in [0, 0.05) is 29.1 Å². The SMILES string of the molecule is [F][Sb-]([F])([F])([F])([F])[F].c1ccc[c+](-c2cccc3cccc(-c4ccc5ccccc5c4)c23)cc1. The fraction of sp³-hybridized carbons (Fsp3) is 0. The van der Waals surface area contributed by atoms with Crippen molar-refractivity contribution in [2.45, 2.75) is 0 Å². The minimum atomic E-state index is -11.2. The molecule has 0 saturated carbocycles. The standard InChI is InChI=1S/C27H19.6FH.Sb/c1-2-4-11-21(10-3-1)25-15-7-13-22-14-8-16-26(27(22)25)24-18-17-20-9-5-6-12-23(20)19-24;;;;;;;/h1-19H;6*1H;/q+1;;;;;;;+5/p-6. The summed E-state index contributed by atoms with van der Waals surface area (Å²) in [4.78, 5) is 0. The number of hydrogen-bond acceptors (Lipinski definition) is 0. The average molecular weight is 579 g/mol. The summed E-state index contributed by atoms with van der Waals surface area (Å²) in [5.74, 6) is 0. The second kappa shape index (κ2) is 8.28. The molecule has 0 unspecified atom stereocenters. The molecule has 0 heterocycles. The fourth-order valence-electron chi connectivity index (χ4n) is 3.86. The van der Waals surface area contributed by atoms with Crippen molar-refractivity contribution >= 4 is 41.0 Å². The van der Waals surface area contributed by atoms with Crippen LogP contribution in [0.2, 0.25) is 0 Å². The predicted octanol–water partition coefficient (Wildman–Crippen LogP) is 9.75. The van der Waals surface area contributed by atoms with Gasteiger partial charge in [-0.1, -0.05) is 42.5 Å². The molecule has 0 saturated heterocycles. The fourth-order valence-corrected chi connectivity index (χ4v) is 3.86. The van der Waals surface area contributed by atoms with Gasteiger partial charge in [0.05, 0.1) is 16.5 Å². The molecule has 0 aliphatic heterocycles. The maximum atomic E-state index is 9.93. The largest absolute Gasteiger partial charge is 0.0879 e. The molecule has 0 amide bonds. The first kappa shape index (κ1) is 24.0. The maximum Gasteiger partial charge on any atom is 0.0879 e. The van der Waals surface area contributed by atoms with Gasteiger partial charge in [-0.25, -0.2) is 0 Å². The van der Waals surface area contributed by atoms with E-state index in [4.69, 9.17) is 0 Å². The predicted molar refractivity (Wildman–Crippen MR) is 129 cm³/mol. The van der Waals surface area contributed by atoms with Gasteiger partial charge in [-0.05, 0) is 70.9 Å². The second-order valence-corrected chi connectivity index (χ2v) is 13.3. The molecule has 0 radical (unpaired) electrons. The molecule has 0 N–H and O–H groups in total. The minimum absolute atomic E-state index is 1.24. The first-order valence-corrected chi connectivity index (χ1v) is 16.1. The quantitative estimate of drug-likeness (QED) is 0.111. The van der Waals surface area contributed by atoms with E-state index in [1.54, 1.807) is 0 Å². The Kier molecular flexibility index (Phi) is 5.85. The van der Waals surface area contributed by atoms with Crippen molar-refractivity contribution in [1.29, 1.82) is 0 Å². The molecule has 0 nitrogen and oxygen atoms in total. The van der Waals surface area contributed by atoms with E-state index in [0.717, 1.165) is 0 Å². The molecular formula is C27H19F6Sb. The zero-order chi connectivity index (χ0) is 24.5. The summed E-state index contributed by atoms with van der Waals surface area (Å²) in [6, 6.07) is 41.2. The summed E-state index contributed by atoms with van der Waals surface area (Å²) in [6.07, 6.45) is 0. The average Bonchev–Trinajstić information content (AvgIpc) is 3.05. The normalized spacial score (nSPS) is 13.5. The summed E-state index contributed by atoms with van der Waals surface area (Å²) < 4.78 is 59.6. The summed E-state index contributed by atoms with van der Waals surface area (Å²) in [5.41, 5.74) is 5.04. The van der Waals surface area contributed by atoms with Crippen LogP contribution in [0.1, 0.15) is 0 Å². The van der Waals surface area contributed by atoms with Crippen LogP contribution in [0.25, 0.3) is 43.8 Å². The van der Waals surface area contributed by atoms with Crippen LogP contribution in [0, 0.1) is 0 Å². The molecular weight excluding hydrogens is 560 g/mol. The summed E-state index contributed by atoms with van der Waals surface area (Å²) in [6.45, 7) is 0. The van der Waals surface area contributed by atoms with Crippen LogP contribution in [-0.2, 0) is 0 Å². The van der Waals surface area contributed by atoms with Crippen LogP contribution in [-0.4, -0.2) is 19.5 Å². The zero-order valence-corrected chi connectivity index (χ0v) is 20.2. The molecule has 7 heteroatoms. The van der Waals surface area contributed by atoms with E-state index in [0.29, 0.717) is 0 Å². The van der Waals surface area contributed by atoms with Crippen molar-refractivity contribution in [1.82, 2.24) is 0 Å². The van der Waals surface area contributed by atoms with Gasteiger partial charge < -0.3 is 0 Å². The molecule has 0 bridgehead atoms. The molecule has 0 fully saturated rings. The van der Waals surface area contributed by atoms with Crippen LogP contribution < -0.4 is 0 Å². The van der Waals surface area contributed by atoms with Crippen molar-refractivity contribution in [2.75, 3.05) is 0 Å². The molecule has 174 valence electrons. The molecule has 5 aromatic carbocycles. The van der Waals surface area contributed by atoms with E-state index in [2.05, 4.69) is 115 Å². The molecule has 34 heavy (non-hydrogen) atoms. The zero-order valence-electron chi connectivity index (χ0n) is 17.7. The van der Waals surface area contributed by atoms with Gasteiger partial charge in [0.1, 0.15) is 0 Å². The van der Waals surface area contributed by atoms with Crippen LogP contribution in [0.5, 0.6) is 0 Å². The first-order chi connectivity index (χ1) is 15.8. The first-order valence-electron chi connectivity index (χ1n) is 10.3. The van der Waals surface area contributed by atoms with E-state index in [1.807, 2.05) is 0 Å². The van der Waals surface area contributed by atoms with Crippen LogP contribution in [0.3, 0.4) is 0 Å². The van der Waals surface area contributed by atoms with Crippen LogP contribution in [0.4, 0.5) is 16.9 Å². The molecule has 0 aliphatic carbocycles. The maximum absolute atomic E-state index is 11.2. The van der Waals surface area contributed by atoms with E-state index in [1.165, 1.54) is 43.8 Å². The molecule has 0 aromatic heterocycles. The Morgan fingerprint density at radius 2 is 1.06 bits per heavy atom. The molecule has 5 rings (SSSR count). The Labute approximate surface area is 195 Å². The van der Waals surface area contributed by atoms with Crippen LogP contribution >= 0.6 is 0 Å². The van der Waals surface area contributed by atoms with E-state index in [9.17, 15) is 16.9 Å². The monoisotopic (exact) mass is 578 g/mol. The van der Waals surface area contributed by atoms with Crippen molar-refractivity contribution in [3.8, 4) is 22.3 Å². The minimum Gasteiger partial charge on any atom is -0.0616 e. The topological polar surface area (TPSA) is 0 Å². The second-order valence-electron chi connectivity index (χ2n) is 7.79. The van der Waals surface area contributed by atoms with E-state index < -0.39 is 19.5 Å². The Hall–Kier alpha value is -3.11. The van der Waals surface area contributed by atoms with E-state index in [-0.39, 0.29) is 0 Å². The van der Waals surface area contributed by atoms with Crippen molar-refractivity contribution in [3.63, 3.8) is 0 Å². The molecule has 0 spiro atoms. The summed E-state index contributed by atoms with van der Waals surface area (Å²) in [5, 5.41) is 5.12. The van der Waals surface area contributed by atoms with Gasteiger partial charge in [-0.2, -0.15) is 0 Å². The third-order valence-electron chi connectivity index (χ3n) is 5.16. The van der Waals surface area contributed by atoms with Crippen molar-refractivity contribution in [3.05, 3.63) is 115 Å². The smallest absolute Gasteiger partial charge is 0.0616 e.